The topological polar surface area (TPSA) is 104 Å². The fourth-order valence-corrected chi connectivity index (χ4v) is 5.59. The van der Waals surface area contributed by atoms with Crippen LogP contribution in [0.15, 0.2) is 52.0 Å². The molecule has 2 aliphatic rings. The number of rotatable bonds is 6. The molecule has 0 aliphatic carbocycles. The Morgan fingerprint density at radius 3 is 2.48 bits per heavy atom. The summed E-state index contributed by atoms with van der Waals surface area (Å²) in [7, 11) is -3.71. The van der Waals surface area contributed by atoms with Gasteiger partial charge in [0.15, 0.2) is 0 Å². The van der Waals surface area contributed by atoms with E-state index in [4.69, 9.17) is 4.42 Å². The van der Waals surface area contributed by atoms with Gasteiger partial charge < -0.3 is 9.73 Å². The molecule has 3 N–H and O–H groups in total. The third kappa shape index (κ3) is 4.85. The van der Waals surface area contributed by atoms with Crippen LogP contribution in [0.4, 0.5) is 0 Å². The lowest BCUT2D eigenvalue weighted by Crippen LogP contribution is -2.43. The minimum atomic E-state index is -3.71. The molecule has 0 spiro atoms. The standard InChI is InChI=1S/C22H30N4O4S/c1-15-14-19(25-24-15)20-8-9-21(30-20)31(28,29)26-12-10-18(11-13-26)22(27)23-16(2)17-6-4-3-5-7-17/h3-9,15-16,18-19,24-25H,10-14H2,1-2H3,(H,23,27). The van der Waals surface area contributed by atoms with Crippen LogP contribution < -0.4 is 16.2 Å². The van der Waals surface area contributed by atoms with Crippen molar-refractivity contribution in [2.75, 3.05) is 13.1 Å². The van der Waals surface area contributed by atoms with Crippen LogP contribution in [0.1, 0.15) is 56.5 Å². The van der Waals surface area contributed by atoms with Crippen molar-refractivity contribution in [1.29, 1.82) is 0 Å². The molecule has 2 saturated heterocycles. The number of hydrazine groups is 1. The lowest BCUT2D eigenvalue weighted by atomic mass is 9.96. The summed E-state index contributed by atoms with van der Waals surface area (Å²) in [5, 5.41) is 3.01. The van der Waals surface area contributed by atoms with Crippen molar-refractivity contribution in [1.82, 2.24) is 20.5 Å². The first-order chi connectivity index (χ1) is 14.8. The molecular weight excluding hydrogens is 416 g/mol. The second kappa shape index (κ2) is 9.12. The molecule has 2 aromatic rings. The van der Waals surface area contributed by atoms with Gasteiger partial charge in [-0.1, -0.05) is 30.3 Å². The number of nitrogens with zero attached hydrogens (tertiary/aromatic N) is 1. The molecular formula is C22H30N4O4S. The SMILES string of the molecule is CC1CC(c2ccc(S(=O)(=O)N3CCC(C(=O)NC(C)c4ccccc4)CC3)o2)NN1. The van der Waals surface area contributed by atoms with Crippen LogP contribution in [-0.2, 0) is 14.8 Å². The van der Waals surface area contributed by atoms with E-state index < -0.39 is 10.0 Å². The molecule has 2 fully saturated rings. The molecule has 1 aromatic carbocycles. The molecule has 3 heterocycles. The van der Waals surface area contributed by atoms with E-state index in [2.05, 4.69) is 23.1 Å². The van der Waals surface area contributed by atoms with Gasteiger partial charge in [-0.3, -0.25) is 10.2 Å². The van der Waals surface area contributed by atoms with E-state index >= 15 is 0 Å². The van der Waals surface area contributed by atoms with E-state index in [1.165, 1.54) is 10.4 Å². The summed E-state index contributed by atoms with van der Waals surface area (Å²) >= 11 is 0. The van der Waals surface area contributed by atoms with Gasteiger partial charge in [0.25, 0.3) is 10.0 Å². The zero-order valence-corrected chi connectivity index (χ0v) is 18.7. The van der Waals surface area contributed by atoms with Gasteiger partial charge in [-0.05, 0) is 50.8 Å². The first-order valence-corrected chi connectivity index (χ1v) is 12.2. The molecule has 0 radical (unpaired) electrons. The maximum Gasteiger partial charge on any atom is 0.276 e. The zero-order valence-electron chi connectivity index (χ0n) is 17.9. The predicted molar refractivity (Wildman–Crippen MR) is 116 cm³/mol. The average Bonchev–Trinajstić information content (AvgIpc) is 3.44. The average molecular weight is 447 g/mol. The van der Waals surface area contributed by atoms with E-state index in [0.717, 1.165) is 12.0 Å². The summed E-state index contributed by atoms with van der Waals surface area (Å²) < 4.78 is 33.1. The second-order valence-electron chi connectivity index (χ2n) is 8.45. The summed E-state index contributed by atoms with van der Waals surface area (Å²) in [6, 6.07) is 13.2. The molecule has 3 unspecified atom stereocenters. The highest BCUT2D eigenvalue weighted by Gasteiger charge is 2.35. The number of hydrogen-bond donors (Lipinski definition) is 3. The molecule has 2 aliphatic heterocycles. The first kappa shape index (κ1) is 22.0. The van der Waals surface area contributed by atoms with Crippen molar-refractivity contribution in [3.8, 4) is 0 Å². The molecule has 1 aromatic heterocycles. The van der Waals surface area contributed by atoms with Gasteiger partial charge in [-0.2, -0.15) is 4.31 Å². The monoisotopic (exact) mass is 446 g/mol. The van der Waals surface area contributed by atoms with Crippen LogP contribution in [0, 0.1) is 5.92 Å². The van der Waals surface area contributed by atoms with Crippen molar-refractivity contribution >= 4 is 15.9 Å². The van der Waals surface area contributed by atoms with Crippen molar-refractivity contribution in [3.63, 3.8) is 0 Å². The molecule has 4 rings (SSSR count). The minimum Gasteiger partial charge on any atom is -0.447 e. The lowest BCUT2D eigenvalue weighted by molar-refractivity contribution is -0.126. The van der Waals surface area contributed by atoms with Crippen LogP contribution in [-0.4, -0.2) is 37.8 Å². The van der Waals surface area contributed by atoms with Gasteiger partial charge in [0.2, 0.25) is 11.0 Å². The maximum absolute atomic E-state index is 13.0. The number of amides is 1. The van der Waals surface area contributed by atoms with E-state index in [0.29, 0.717) is 37.7 Å². The number of carbonyl (C=O) groups excluding carboxylic acids is 1. The number of benzene rings is 1. The third-order valence-electron chi connectivity index (χ3n) is 6.12. The van der Waals surface area contributed by atoms with E-state index in [-0.39, 0.29) is 29.0 Å². The van der Waals surface area contributed by atoms with Gasteiger partial charge in [-0.25, -0.2) is 13.8 Å². The Hall–Kier alpha value is -2.20. The first-order valence-electron chi connectivity index (χ1n) is 10.8. The number of sulfonamides is 1. The zero-order chi connectivity index (χ0) is 22.0. The van der Waals surface area contributed by atoms with Crippen molar-refractivity contribution in [2.45, 2.75) is 56.3 Å². The third-order valence-corrected chi connectivity index (χ3v) is 7.89. The molecule has 9 heteroatoms. The highest BCUT2D eigenvalue weighted by molar-refractivity contribution is 7.89. The van der Waals surface area contributed by atoms with Crippen LogP contribution in [0.25, 0.3) is 0 Å². The van der Waals surface area contributed by atoms with Crippen molar-refractivity contribution in [2.24, 2.45) is 5.92 Å². The van der Waals surface area contributed by atoms with Gasteiger partial charge in [0.05, 0.1) is 12.1 Å². The van der Waals surface area contributed by atoms with E-state index in [9.17, 15) is 13.2 Å². The molecule has 0 bridgehead atoms. The van der Waals surface area contributed by atoms with Gasteiger partial charge in [-0.15, -0.1) is 0 Å². The quantitative estimate of drug-likeness (QED) is 0.630. The molecule has 1 amide bonds. The number of carbonyl (C=O) groups is 1. The Bertz CT molecular complexity index is 1000. The number of furan rings is 1. The molecule has 31 heavy (non-hydrogen) atoms. The van der Waals surface area contributed by atoms with Crippen molar-refractivity contribution in [3.05, 3.63) is 53.8 Å². The molecule has 168 valence electrons. The van der Waals surface area contributed by atoms with Crippen molar-refractivity contribution < 1.29 is 17.6 Å². The highest BCUT2D eigenvalue weighted by Crippen LogP contribution is 2.29. The van der Waals surface area contributed by atoms with Crippen LogP contribution >= 0.6 is 0 Å². The minimum absolute atomic E-state index is 0.0254. The summed E-state index contributed by atoms with van der Waals surface area (Å²) in [6.07, 6.45) is 1.81. The largest absolute Gasteiger partial charge is 0.447 e. The fourth-order valence-electron chi connectivity index (χ4n) is 4.20. The summed E-state index contributed by atoms with van der Waals surface area (Å²) in [6.45, 7) is 4.61. The van der Waals surface area contributed by atoms with Crippen LogP contribution in [0.2, 0.25) is 0 Å². The summed E-state index contributed by atoms with van der Waals surface area (Å²) in [4.78, 5) is 12.7. The Morgan fingerprint density at radius 1 is 1.13 bits per heavy atom. The fraction of sp³-hybridized carbons (Fsp3) is 0.500. The molecule has 3 atom stereocenters. The van der Waals surface area contributed by atoms with Gasteiger partial charge >= 0.3 is 0 Å². The smallest absolute Gasteiger partial charge is 0.276 e. The Labute approximate surface area is 183 Å². The Kier molecular flexibility index (Phi) is 6.47. The number of hydrogen-bond acceptors (Lipinski definition) is 6. The Balaban J connectivity index is 1.33. The van der Waals surface area contributed by atoms with Gasteiger partial charge in [0, 0.05) is 25.0 Å². The predicted octanol–water partition coefficient (Wildman–Crippen LogP) is 2.49. The summed E-state index contributed by atoms with van der Waals surface area (Å²) in [5.74, 6) is 0.391. The maximum atomic E-state index is 13.0. The number of nitrogens with one attached hydrogen (secondary N) is 3. The van der Waals surface area contributed by atoms with E-state index in [1.54, 1.807) is 6.07 Å². The van der Waals surface area contributed by atoms with Crippen LogP contribution in [0.5, 0.6) is 0 Å². The lowest BCUT2D eigenvalue weighted by Gasteiger charge is -2.30. The van der Waals surface area contributed by atoms with Gasteiger partial charge in [0.1, 0.15) is 5.76 Å². The highest BCUT2D eigenvalue weighted by atomic mass is 32.2. The summed E-state index contributed by atoms with van der Waals surface area (Å²) in [5.41, 5.74) is 7.27. The van der Waals surface area contributed by atoms with E-state index in [1.807, 2.05) is 37.3 Å². The van der Waals surface area contributed by atoms with Crippen LogP contribution in [0.3, 0.4) is 0 Å². The normalized spacial score (nSPS) is 24.2. The molecule has 0 saturated carbocycles. The number of piperidine rings is 1. The Morgan fingerprint density at radius 2 is 1.84 bits per heavy atom. The molecule has 8 nitrogen and oxygen atoms in total. The second-order valence-corrected chi connectivity index (χ2v) is 10.3.